The third kappa shape index (κ3) is 3.58. The topological polar surface area (TPSA) is 34.1 Å². The number of aryl methyl sites for hydroxylation is 1. The highest BCUT2D eigenvalue weighted by molar-refractivity contribution is 7.09. The first kappa shape index (κ1) is 15.0. The van der Waals surface area contributed by atoms with Crippen LogP contribution in [-0.2, 0) is 0 Å². The summed E-state index contributed by atoms with van der Waals surface area (Å²) in [5, 5.41) is 6.73. The van der Waals surface area contributed by atoms with Crippen molar-refractivity contribution in [3.63, 3.8) is 0 Å². The zero-order chi connectivity index (χ0) is 14.4. The Hall–Kier alpha value is -1.39. The van der Waals surface area contributed by atoms with Gasteiger partial charge >= 0.3 is 0 Å². The van der Waals surface area contributed by atoms with E-state index in [0.29, 0.717) is 0 Å². The van der Waals surface area contributed by atoms with Crippen molar-refractivity contribution >= 4 is 11.3 Å². The second-order valence-corrected chi connectivity index (χ2v) is 5.73. The quantitative estimate of drug-likeness (QED) is 0.838. The van der Waals surface area contributed by atoms with Gasteiger partial charge < -0.3 is 10.1 Å². The van der Waals surface area contributed by atoms with Gasteiger partial charge in [0, 0.05) is 10.9 Å². The highest BCUT2D eigenvalue weighted by Crippen LogP contribution is 2.30. The largest absolute Gasteiger partial charge is 0.493 e. The molecule has 0 aliphatic heterocycles. The van der Waals surface area contributed by atoms with E-state index < -0.39 is 0 Å². The van der Waals surface area contributed by atoms with E-state index in [-0.39, 0.29) is 6.04 Å². The highest BCUT2D eigenvalue weighted by atomic mass is 32.1. The molecule has 0 bridgehead atoms. The molecule has 0 fully saturated rings. The second-order valence-electron chi connectivity index (χ2n) is 4.67. The number of nitrogens with one attached hydrogen (secondary N) is 1. The SMILES string of the molecule is CCCOc1ccccc1C(NCC)c1csc(C)n1. The lowest BCUT2D eigenvalue weighted by atomic mass is 10.0. The van der Waals surface area contributed by atoms with E-state index in [1.54, 1.807) is 11.3 Å². The van der Waals surface area contributed by atoms with Crippen molar-refractivity contribution in [2.45, 2.75) is 33.2 Å². The van der Waals surface area contributed by atoms with Crippen LogP contribution in [0.25, 0.3) is 0 Å². The van der Waals surface area contributed by atoms with E-state index in [0.717, 1.165) is 41.6 Å². The van der Waals surface area contributed by atoms with E-state index in [9.17, 15) is 0 Å². The van der Waals surface area contributed by atoms with Gasteiger partial charge in [-0.1, -0.05) is 32.0 Å². The Bertz CT molecular complexity index is 539. The molecule has 0 aliphatic carbocycles. The van der Waals surface area contributed by atoms with Gasteiger partial charge in [0.1, 0.15) is 5.75 Å². The van der Waals surface area contributed by atoms with Crippen molar-refractivity contribution in [3.05, 3.63) is 45.9 Å². The standard InChI is InChI=1S/C16H22N2OS/c1-4-10-19-15-9-7-6-8-13(15)16(17-5-2)14-11-20-12(3)18-14/h6-9,11,16-17H,4-5,10H2,1-3H3. The number of para-hydroxylation sites is 1. The van der Waals surface area contributed by atoms with Crippen LogP contribution in [0.4, 0.5) is 0 Å². The van der Waals surface area contributed by atoms with E-state index in [2.05, 4.69) is 41.7 Å². The minimum Gasteiger partial charge on any atom is -0.493 e. The number of hydrogen-bond donors (Lipinski definition) is 1. The smallest absolute Gasteiger partial charge is 0.124 e. The van der Waals surface area contributed by atoms with Crippen molar-refractivity contribution < 1.29 is 4.74 Å². The summed E-state index contributed by atoms with van der Waals surface area (Å²) >= 11 is 1.69. The van der Waals surface area contributed by atoms with Crippen LogP contribution in [0.5, 0.6) is 5.75 Å². The number of nitrogens with zero attached hydrogens (tertiary/aromatic N) is 1. The predicted octanol–water partition coefficient (Wildman–Crippen LogP) is 3.94. The molecule has 0 amide bonds. The summed E-state index contributed by atoms with van der Waals surface area (Å²) in [6, 6.07) is 8.32. The van der Waals surface area contributed by atoms with Crippen molar-refractivity contribution in [3.8, 4) is 5.75 Å². The van der Waals surface area contributed by atoms with Gasteiger partial charge in [-0.05, 0) is 26.0 Å². The van der Waals surface area contributed by atoms with Crippen LogP contribution in [-0.4, -0.2) is 18.1 Å². The molecule has 1 N–H and O–H groups in total. The molecule has 1 unspecified atom stereocenters. The van der Waals surface area contributed by atoms with Crippen molar-refractivity contribution in [2.75, 3.05) is 13.2 Å². The summed E-state index contributed by atoms with van der Waals surface area (Å²) in [6.07, 6.45) is 1.01. The fraction of sp³-hybridized carbons (Fsp3) is 0.438. The Morgan fingerprint density at radius 1 is 1.30 bits per heavy atom. The maximum atomic E-state index is 5.88. The molecule has 1 aromatic heterocycles. The van der Waals surface area contributed by atoms with Crippen LogP contribution in [0.1, 0.15) is 42.6 Å². The first-order valence-corrected chi connectivity index (χ1v) is 8.01. The molecule has 1 heterocycles. The first-order valence-electron chi connectivity index (χ1n) is 7.13. The summed E-state index contributed by atoms with van der Waals surface area (Å²) in [7, 11) is 0. The zero-order valence-corrected chi connectivity index (χ0v) is 13.2. The maximum Gasteiger partial charge on any atom is 0.124 e. The Morgan fingerprint density at radius 2 is 2.10 bits per heavy atom. The molecule has 1 atom stereocenters. The molecule has 108 valence electrons. The summed E-state index contributed by atoms with van der Waals surface area (Å²) < 4.78 is 5.88. The average molecular weight is 290 g/mol. The molecule has 4 heteroatoms. The highest BCUT2D eigenvalue weighted by Gasteiger charge is 2.19. The fourth-order valence-corrected chi connectivity index (χ4v) is 2.79. The Balaban J connectivity index is 2.33. The lowest BCUT2D eigenvalue weighted by Gasteiger charge is -2.20. The molecule has 0 spiro atoms. The molecule has 1 aromatic carbocycles. The van der Waals surface area contributed by atoms with E-state index >= 15 is 0 Å². The second kappa shape index (κ2) is 7.41. The molecular formula is C16H22N2OS. The summed E-state index contributed by atoms with van der Waals surface area (Å²) in [4.78, 5) is 4.63. The molecule has 2 aromatic rings. The van der Waals surface area contributed by atoms with Crippen molar-refractivity contribution in [2.24, 2.45) is 0 Å². The summed E-state index contributed by atoms with van der Waals surface area (Å²) in [5.74, 6) is 0.950. The van der Waals surface area contributed by atoms with Crippen molar-refractivity contribution in [1.29, 1.82) is 0 Å². The number of thiazole rings is 1. The number of aromatic nitrogens is 1. The maximum absolute atomic E-state index is 5.88. The van der Waals surface area contributed by atoms with Crippen LogP contribution in [0.2, 0.25) is 0 Å². The molecule has 0 aliphatic rings. The van der Waals surface area contributed by atoms with E-state index in [1.807, 2.05) is 19.1 Å². The Kier molecular flexibility index (Phi) is 5.56. The van der Waals surface area contributed by atoms with E-state index in [4.69, 9.17) is 4.74 Å². The van der Waals surface area contributed by atoms with Crippen LogP contribution in [0, 0.1) is 6.92 Å². The van der Waals surface area contributed by atoms with E-state index in [1.165, 1.54) is 0 Å². The first-order chi connectivity index (χ1) is 9.76. The molecule has 2 rings (SSSR count). The zero-order valence-electron chi connectivity index (χ0n) is 12.3. The van der Waals surface area contributed by atoms with Gasteiger partial charge in [-0.2, -0.15) is 0 Å². The van der Waals surface area contributed by atoms with Gasteiger partial charge in [0.2, 0.25) is 0 Å². The van der Waals surface area contributed by atoms with Gasteiger partial charge in [0.15, 0.2) is 0 Å². The molecule has 0 saturated heterocycles. The number of rotatable bonds is 7. The van der Waals surface area contributed by atoms with Gasteiger partial charge in [0.25, 0.3) is 0 Å². The third-order valence-corrected chi connectivity index (χ3v) is 3.82. The Labute approximate surface area is 125 Å². The van der Waals surface area contributed by atoms with Gasteiger partial charge in [-0.15, -0.1) is 11.3 Å². The minimum atomic E-state index is 0.0954. The average Bonchev–Trinajstić information content (AvgIpc) is 2.89. The molecular weight excluding hydrogens is 268 g/mol. The molecule has 20 heavy (non-hydrogen) atoms. The van der Waals surface area contributed by atoms with Gasteiger partial charge in [-0.25, -0.2) is 4.98 Å². The molecule has 3 nitrogen and oxygen atoms in total. The lowest BCUT2D eigenvalue weighted by molar-refractivity contribution is 0.311. The number of benzene rings is 1. The van der Waals surface area contributed by atoms with Gasteiger partial charge in [-0.3, -0.25) is 0 Å². The Morgan fingerprint density at radius 3 is 2.75 bits per heavy atom. The lowest BCUT2D eigenvalue weighted by Crippen LogP contribution is -2.23. The molecule has 0 radical (unpaired) electrons. The fourth-order valence-electron chi connectivity index (χ4n) is 2.15. The van der Waals surface area contributed by atoms with Crippen molar-refractivity contribution in [1.82, 2.24) is 10.3 Å². The van der Waals surface area contributed by atoms with Crippen LogP contribution >= 0.6 is 11.3 Å². The number of ether oxygens (including phenoxy) is 1. The molecule has 0 saturated carbocycles. The minimum absolute atomic E-state index is 0.0954. The normalized spacial score (nSPS) is 12.3. The third-order valence-electron chi connectivity index (χ3n) is 3.03. The number of hydrogen-bond acceptors (Lipinski definition) is 4. The van der Waals surface area contributed by atoms with Crippen LogP contribution < -0.4 is 10.1 Å². The van der Waals surface area contributed by atoms with Gasteiger partial charge in [0.05, 0.1) is 23.4 Å². The monoisotopic (exact) mass is 290 g/mol. The van der Waals surface area contributed by atoms with Crippen LogP contribution in [0.3, 0.4) is 0 Å². The summed E-state index contributed by atoms with van der Waals surface area (Å²) in [6.45, 7) is 7.90. The van der Waals surface area contributed by atoms with Crippen LogP contribution in [0.15, 0.2) is 29.6 Å². The predicted molar refractivity (Wildman–Crippen MR) is 84.6 cm³/mol. The summed E-state index contributed by atoms with van der Waals surface area (Å²) in [5.41, 5.74) is 2.23.